The van der Waals surface area contributed by atoms with Gasteiger partial charge in [-0.05, 0) is 12.0 Å². The predicted octanol–water partition coefficient (Wildman–Crippen LogP) is 1.92. The van der Waals surface area contributed by atoms with Crippen molar-refractivity contribution in [2.75, 3.05) is 13.1 Å². The molecule has 0 radical (unpaired) electrons. The molecule has 0 spiro atoms. The molecule has 0 saturated heterocycles. The highest BCUT2D eigenvalue weighted by Crippen LogP contribution is 2.04. The molecule has 0 bridgehead atoms. The van der Waals surface area contributed by atoms with Crippen LogP contribution in [0.2, 0.25) is 0 Å². The Kier molecular flexibility index (Phi) is 2.60. The summed E-state index contributed by atoms with van der Waals surface area (Å²) in [6, 6.07) is 10.6. The molecule has 0 saturated carbocycles. The van der Waals surface area contributed by atoms with E-state index in [1.54, 1.807) is 0 Å². The average Bonchev–Trinajstić information content (AvgIpc) is 2.69. The van der Waals surface area contributed by atoms with Gasteiger partial charge in [-0.3, -0.25) is 5.01 Å². The van der Waals surface area contributed by atoms with E-state index in [1.165, 1.54) is 5.56 Å². The first kappa shape index (κ1) is 8.30. The molecule has 1 aromatic rings. The van der Waals surface area contributed by atoms with Gasteiger partial charge in [-0.2, -0.15) is 5.10 Å². The Morgan fingerprint density at radius 3 is 2.77 bits per heavy atom. The quantitative estimate of drug-likeness (QED) is 0.683. The standard InChI is InChI=1S/C11H14N2/c1-2-5-11(6-3-1)7-10-13-9-4-8-12-13/h1-3,5-6,8H,4,7,9-10H2. The Bertz CT molecular complexity index is 279. The number of benzene rings is 1. The van der Waals surface area contributed by atoms with Crippen molar-refractivity contribution in [2.45, 2.75) is 12.8 Å². The molecular formula is C11H14N2. The lowest BCUT2D eigenvalue weighted by Gasteiger charge is -2.12. The predicted molar refractivity (Wildman–Crippen MR) is 54.8 cm³/mol. The van der Waals surface area contributed by atoms with Crippen LogP contribution in [0.1, 0.15) is 12.0 Å². The fourth-order valence-electron chi connectivity index (χ4n) is 1.51. The lowest BCUT2D eigenvalue weighted by Crippen LogP contribution is -2.17. The van der Waals surface area contributed by atoms with Crippen LogP contribution < -0.4 is 0 Å². The summed E-state index contributed by atoms with van der Waals surface area (Å²) in [5.41, 5.74) is 1.39. The zero-order chi connectivity index (χ0) is 8.93. The van der Waals surface area contributed by atoms with Crippen LogP contribution in [0.4, 0.5) is 0 Å². The first-order valence-electron chi connectivity index (χ1n) is 4.76. The SMILES string of the molecule is C1=NN(CCc2ccccc2)CC1. The van der Waals surface area contributed by atoms with Gasteiger partial charge in [-0.25, -0.2) is 0 Å². The van der Waals surface area contributed by atoms with Crippen molar-refractivity contribution in [3.05, 3.63) is 35.9 Å². The summed E-state index contributed by atoms with van der Waals surface area (Å²) in [6.07, 6.45) is 4.19. The average molecular weight is 174 g/mol. The van der Waals surface area contributed by atoms with Gasteiger partial charge in [0.25, 0.3) is 0 Å². The fourth-order valence-corrected chi connectivity index (χ4v) is 1.51. The maximum atomic E-state index is 4.26. The van der Waals surface area contributed by atoms with Crippen molar-refractivity contribution < 1.29 is 0 Å². The molecule has 0 aromatic heterocycles. The van der Waals surface area contributed by atoms with E-state index in [2.05, 4.69) is 40.4 Å². The van der Waals surface area contributed by atoms with E-state index in [4.69, 9.17) is 0 Å². The molecule has 13 heavy (non-hydrogen) atoms. The zero-order valence-electron chi connectivity index (χ0n) is 7.69. The Labute approximate surface area is 78.9 Å². The molecule has 0 atom stereocenters. The van der Waals surface area contributed by atoms with Crippen LogP contribution in [0.25, 0.3) is 0 Å². The summed E-state index contributed by atoms with van der Waals surface area (Å²) < 4.78 is 0. The molecule has 0 unspecified atom stereocenters. The lowest BCUT2D eigenvalue weighted by molar-refractivity contribution is 0.322. The zero-order valence-corrected chi connectivity index (χ0v) is 7.69. The van der Waals surface area contributed by atoms with E-state index in [-0.39, 0.29) is 0 Å². The molecular weight excluding hydrogens is 160 g/mol. The van der Waals surface area contributed by atoms with Crippen LogP contribution >= 0.6 is 0 Å². The second-order valence-corrected chi connectivity index (χ2v) is 3.28. The fraction of sp³-hybridized carbons (Fsp3) is 0.364. The van der Waals surface area contributed by atoms with Crippen LogP contribution in [0.3, 0.4) is 0 Å². The molecule has 2 rings (SSSR count). The minimum absolute atomic E-state index is 1.04. The summed E-state index contributed by atoms with van der Waals surface area (Å²) in [7, 11) is 0. The molecule has 0 N–H and O–H groups in total. The van der Waals surface area contributed by atoms with Gasteiger partial charge in [0.05, 0.1) is 0 Å². The Hall–Kier alpha value is -1.31. The van der Waals surface area contributed by atoms with Gasteiger partial charge in [0.1, 0.15) is 0 Å². The molecule has 1 aliphatic heterocycles. The Balaban J connectivity index is 1.82. The molecule has 68 valence electrons. The highest BCUT2D eigenvalue weighted by molar-refractivity contribution is 5.58. The van der Waals surface area contributed by atoms with E-state index < -0.39 is 0 Å². The van der Waals surface area contributed by atoms with E-state index in [1.807, 2.05) is 6.21 Å². The first-order valence-corrected chi connectivity index (χ1v) is 4.76. The number of nitrogens with zero attached hydrogens (tertiary/aromatic N) is 2. The third-order valence-corrected chi connectivity index (χ3v) is 2.26. The van der Waals surface area contributed by atoms with Gasteiger partial charge >= 0.3 is 0 Å². The molecule has 0 amide bonds. The summed E-state index contributed by atoms with van der Waals surface area (Å²) in [5.74, 6) is 0. The third kappa shape index (κ3) is 2.31. The summed E-state index contributed by atoms with van der Waals surface area (Å²) in [4.78, 5) is 0. The molecule has 1 aliphatic rings. The first-order chi connectivity index (χ1) is 6.45. The van der Waals surface area contributed by atoms with Crippen molar-refractivity contribution >= 4 is 6.21 Å². The highest BCUT2D eigenvalue weighted by Gasteiger charge is 2.04. The molecule has 0 aliphatic carbocycles. The Morgan fingerprint density at radius 1 is 1.23 bits per heavy atom. The van der Waals surface area contributed by atoms with Gasteiger partial charge in [-0.1, -0.05) is 30.3 Å². The topological polar surface area (TPSA) is 15.6 Å². The highest BCUT2D eigenvalue weighted by atomic mass is 15.5. The largest absolute Gasteiger partial charge is 0.297 e. The smallest absolute Gasteiger partial charge is 0.0410 e. The van der Waals surface area contributed by atoms with Crippen molar-refractivity contribution in [1.82, 2.24) is 5.01 Å². The van der Waals surface area contributed by atoms with Crippen LogP contribution in [0.5, 0.6) is 0 Å². The number of hydrazone groups is 1. The normalized spacial score (nSPS) is 15.2. The van der Waals surface area contributed by atoms with Gasteiger partial charge in [-0.15, -0.1) is 0 Å². The second kappa shape index (κ2) is 4.08. The van der Waals surface area contributed by atoms with Crippen LogP contribution in [0.15, 0.2) is 35.4 Å². The van der Waals surface area contributed by atoms with Crippen molar-refractivity contribution in [1.29, 1.82) is 0 Å². The molecule has 1 aromatic carbocycles. The van der Waals surface area contributed by atoms with Crippen molar-refractivity contribution in [2.24, 2.45) is 5.10 Å². The van der Waals surface area contributed by atoms with Gasteiger partial charge in [0, 0.05) is 25.7 Å². The molecule has 2 nitrogen and oxygen atoms in total. The number of rotatable bonds is 3. The molecule has 2 heteroatoms. The van der Waals surface area contributed by atoms with Gasteiger partial charge in [0.15, 0.2) is 0 Å². The number of hydrogen-bond acceptors (Lipinski definition) is 2. The maximum Gasteiger partial charge on any atom is 0.0410 e. The molecule has 0 fully saturated rings. The van der Waals surface area contributed by atoms with Crippen LogP contribution in [-0.2, 0) is 6.42 Å². The van der Waals surface area contributed by atoms with Crippen molar-refractivity contribution in [3.63, 3.8) is 0 Å². The van der Waals surface area contributed by atoms with E-state index in [9.17, 15) is 0 Å². The van der Waals surface area contributed by atoms with Gasteiger partial charge < -0.3 is 0 Å². The van der Waals surface area contributed by atoms with E-state index in [0.717, 1.165) is 25.9 Å². The van der Waals surface area contributed by atoms with Crippen LogP contribution in [-0.4, -0.2) is 24.3 Å². The third-order valence-electron chi connectivity index (χ3n) is 2.26. The van der Waals surface area contributed by atoms with E-state index in [0.29, 0.717) is 0 Å². The number of hydrogen-bond donors (Lipinski definition) is 0. The van der Waals surface area contributed by atoms with E-state index >= 15 is 0 Å². The Morgan fingerprint density at radius 2 is 2.08 bits per heavy atom. The van der Waals surface area contributed by atoms with Crippen molar-refractivity contribution in [3.8, 4) is 0 Å². The van der Waals surface area contributed by atoms with Crippen LogP contribution in [0, 0.1) is 0 Å². The summed E-state index contributed by atoms with van der Waals surface area (Å²) in [6.45, 7) is 2.13. The maximum absolute atomic E-state index is 4.26. The summed E-state index contributed by atoms with van der Waals surface area (Å²) >= 11 is 0. The lowest BCUT2D eigenvalue weighted by atomic mass is 10.1. The monoisotopic (exact) mass is 174 g/mol. The van der Waals surface area contributed by atoms with Gasteiger partial charge in [0.2, 0.25) is 0 Å². The summed E-state index contributed by atoms with van der Waals surface area (Å²) in [5, 5.41) is 6.39. The minimum Gasteiger partial charge on any atom is -0.297 e. The second-order valence-electron chi connectivity index (χ2n) is 3.28. The molecule has 1 heterocycles. The minimum atomic E-state index is 1.04.